The van der Waals surface area contributed by atoms with Gasteiger partial charge in [-0.3, -0.25) is 4.79 Å². The van der Waals surface area contributed by atoms with Gasteiger partial charge in [-0.15, -0.1) is 18.3 Å². The summed E-state index contributed by atoms with van der Waals surface area (Å²) < 4.78 is 0. The molecule has 8 heteroatoms. The summed E-state index contributed by atoms with van der Waals surface area (Å²) in [7, 11) is 0. The number of hydrogen-bond donors (Lipinski definition) is 2. The predicted octanol–water partition coefficient (Wildman–Crippen LogP) is 2.94. The van der Waals surface area contributed by atoms with Gasteiger partial charge in [-0.2, -0.15) is 5.26 Å². The third-order valence-electron chi connectivity index (χ3n) is 2.77. The van der Waals surface area contributed by atoms with E-state index in [9.17, 15) is 4.79 Å². The number of benzene rings is 1. The SMILES string of the molecule is C=CCSc1ccccc1NC(=O)CSc1ncc(C#N)c(N)n1. The van der Waals surface area contributed by atoms with Crippen molar-refractivity contribution in [3.63, 3.8) is 0 Å². The number of anilines is 2. The zero-order valence-electron chi connectivity index (χ0n) is 12.7. The highest BCUT2D eigenvalue weighted by Gasteiger charge is 2.10. The maximum Gasteiger partial charge on any atom is 0.234 e. The number of nitrogens with two attached hydrogens (primary N) is 1. The Balaban J connectivity index is 1.95. The van der Waals surface area contributed by atoms with Crippen LogP contribution >= 0.6 is 23.5 Å². The fourth-order valence-electron chi connectivity index (χ4n) is 1.69. The van der Waals surface area contributed by atoms with Gasteiger partial charge in [-0.1, -0.05) is 30.0 Å². The van der Waals surface area contributed by atoms with Crippen LogP contribution in [0, 0.1) is 11.3 Å². The second kappa shape index (κ2) is 8.96. The summed E-state index contributed by atoms with van der Waals surface area (Å²) in [5, 5.41) is 12.0. The number of aromatic nitrogens is 2. The molecule has 122 valence electrons. The second-order valence-electron chi connectivity index (χ2n) is 4.50. The fourth-order valence-corrected chi connectivity index (χ4v) is 3.06. The van der Waals surface area contributed by atoms with Gasteiger partial charge in [-0.05, 0) is 12.1 Å². The van der Waals surface area contributed by atoms with E-state index in [2.05, 4.69) is 21.9 Å². The van der Waals surface area contributed by atoms with Crippen LogP contribution in [0.3, 0.4) is 0 Å². The van der Waals surface area contributed by atoms with Gasteiger partial charge < -0.3 is 11.1 Å². The number of rotatable bonds is 7. The number of thioether (sulfide) groups is 2. The molecule has 6 nitrogen and oxygen atoms in total. The lowest BCUT2D eigenvalue weighted by atomic mass is 10.3. The Bertz CT molecular complexity index is 788. The average molecular weight is 357 g/mol. The molecule has 2 rings (SSSR count). The molecular weight excluding hydrogens is 342 g/mol. The molecule has 0 fully saturated rings. The van der Waals surface area contributed by atoms with E-state index in [-0.39, 0.29) is 23.0 Å². The van der Waals surface area contributed by atoms with E-state index in [1.54, 1.807) is 11.8 Å². The molecule has 24 heavy (non-hydrogen) atoms. The summed E-state index contributed by atoms with van der Waals surface area (Å²) in [6, 6.07) is 9.48. The van der Waals surface area contributed by atoms with Crippen molar-refractivity contribution in [3.8, 4) is 6.07 Å². The minimum absolute atomic E-state index is 0.113. The van der Waals surface area contributed by atoms with E-state index >= 15 is 0 Å². The van der Waals surface area contributed by atoms with Gasteiger partial charge in [0.1, 0.15) is 17.5 Å². The summed E-state index contributed by atoms with van der Waals surface area (Å²) >= 11 is 2.76. The van der Waals surface area contributed by atoms with Crippen molar-refractivity contribution < 1.29 is 4.79 Å². The first-order valence-electron chi connectivity index (χ1n) is 6.92. The first-order chi connectivity index (χ1) is 11.6. The number of para-hydroxylation sites is 1. The Labute approximate surface area is 148 Å². The standard InChI is InChI=1S/C16H15N5OS2/c1-2-7-23-13-6-4-3-5-12(13)20-14(22)10-24-16-19-9-11(8-17)15(18)21-16/h2-6,9H,1,7,10H2,(H,20,22)(H2,18,19,21). The number of nitriles is 1. The molecule has 0 aliphatic heterocycles. The summed E-state index contributed by atoms with van der Waals surface area (Å²) in [5.74, 6) is 0.853. The minimum atomic E-state index is -0.168. The quantitative estimate of drug-likeness (QED) is 0.446. The monoisotopic (exact) mass is 357 g/mol. The Morgan fingerprint density at radius 2 is 2.21 bits per heavy atom. The van der Waals surface area contributed by atoms with Gasteiger partial charge >= 0.3 is 0 Å². The normalized spacial score (nSPS) is 9.96. The number of amides is 1. The largest absolute Gasteiger partial charge is 0.382 e. The first kappa shape index (κ1) is 17.8. The molecule has 0 atom stereocenters. The van der Waals surface area contributed by atoms with Crippen molar-refractivity contribution in [3.05, 3.63) is 48.7 Å². The van der Waals surface area contributed by atoms with Crippen LogP contribution < -0.4 is 11.1 Å². The van der Waals surface area contributed by atoms with Crippen LogP contribution in [0.15, 0.2) is 53.2 Å². The number of carbonyl (C=O) groups is 1. The summed E-state index contributed by atoms with van der Waals surface area (Å²) in [4.78, 5) is 21.1. The van der Waals surface area contributed by atoms with Crippen molar-refractivity contribution in [2.45, 2.75) is 10.1 Å². The van der Waals surface area contributed by atoms with Gasteiger partial charge in [0.05, 0.1) is 17.6 Å². The highest BCUT2D eigenvalue weighted by Crippen LogP contribution is 2.27. The van der Waals surface area contributed by atoms with Crippen molar-refractivity contribution in [1.29, 1.82) is 5.26 Å². The van der Waals surface area contributed by atoms with Gasteiger partial charge in [0.25, 0.3) is 0 Å². The van der Waals surface area contributed by atoms with Crippen LogP contribution in [0.2, 0.25) is 0 Å². The molecule has 1 aromatic heterocycles. The molecule has 0 saturated heterocycles. The van der Waals surface area contributed by atoms with E-state index in [0.717, 1.165) is 28.1 Å². The van der Waals surface area contributed by atoms with Gasteiger partial charge in [-0.25, -0.2) is 9.97 Å². The van der Waals surface area contributed by atoms with Crippen molar-refractivity contribution in [1.82, 2.24) is 9.97 Å². The predicted molar refractivity (Wildman–Crippen MR) is 97.9 cm³/mol. The van der Waals surface area contributed by atoms with Crippen LogP contribution in [-0.4, -0.2) is 27.4 Å². The smallest absolute Gasteiger partial charge is 0.234 e. The van der Waals surface area contributed by atoms with Crippen molar-refractivity contribution in [2.75, 3.05) is 22.6 Å². The lowest BCUT2D eigenvalue weighted by molar-refractivity contribution is -0.113. The summed E-state index contributed by atoms with van der Waals surface area (Å²) in [6.45, 7) is 3.69. The summed E-state index contributed by atoms with van der Waals surface area (Å²) in [5.41, 5.74) is 6.61. The molecule has 2 aromatic rings. The number of hydrogen-bond acceptors (Lipinski definition) is 7. The Hall–Kier alpha value is -2.50. The van der Waals surface area contributed by atoms with Crippen LogP contribution in [-0.2, 0) is 4.79 Å². The molecule has 1 aromatic carbocycles. The van der Waals surface area contributed by atoms with E-state index < -0.39 is 0 Å². The van der Waals surface area contributed by atoms with Crippen molar-refractivity contribution in [2.24, 2.45) is 0 Å². The lowest BCUT2D eigenvalue weighted by Gasteiger charge is -2.09. The highest BCUT2D eigenvalue weighted by atomic mass is 32.2. The average Bonchev–Trinajstić information content (AvgIpc) is 2.59. The zero-order chi connectivity index (χ0) is 17.4. The molecular formula is C16H15N5OS2. The molecule has 0 unspecified atom stereocenters. The Morgan fingerprint density at radius 3 is 2.92 bits per heavy atom. The van der Waals surface area contributed by atoms with Crippen LogP contribution in [0.5, 0.6) is 0 Å². The first-order valence-corrected chi connectivity index (χ1v) is 8.89. The third kappa shape index (κ3) is 5.01. The summed E-state index contributed by atoms with van der Waals surface area (Å²) in [6.07, 6.45) is 3.16. The Kier molecular flexibility index (Phi) is 6.66. The molecule has 3 N–H and O–H groups in total. The lowest BCUT2D eigenvalue weighted by Crippen LogP contribution is -2.15. The zero-order valence-corrected chi connectivity index (χ0v) is 14.4. The van der Waals surface area contributed by atoms with Crippen LogP contribution in [0.1, 0.15) is 5.56 Å². The van der Waals surface area contributed by atoms with Gasteiger partial charge in [0.2, 0.25) is 5.91 Å². The second-order valence-corrected chi connectivity index (χ2v) is 6.50. The number of carbonyl (C=O) groups excluding carboxylic acids is 1. The van der Waals surface area contributed by atoms with Gasteiger partial charge in [0, 0.05) is 10.6 Å². The van der Waals surface area contributed by atoms with E-state index in [1.165, 1.54) is 6.20 Å². The molecule has 1 heterocycles. The maximum atomic E-state index is 12.1. The highest BCUT2D eigenvalue weighted by molar-refractivity contribution is 8.00. The van der Waals surface area contributed by atoms with Gasteiger partial charge in [0.15, 0.2) is 5.16 Å². The van der Waals surface area contributed by atoms with E-state index in [1.807, 2.05) is 36.4 Å². The molecule has 0 radical (unpaired) electrons. The number of nitrogens with zero attached hydrogens (tertiary/aromatic N) is 3. The van der Waals surface area contributed by atoms with Crippen LogP contribution in [0.4, 0.5) is 11.5 Å². The molecule has 1 amide bonds. The third-order valence-corrected chi connectivity index (χ3v) is 4.70. The van der Waals surface area contributed by atoms with E-state index in [0.29, 0.717) is 5.16 Å². The molecule has 0 aliphatic carbocycles. The van der Waals surface area contributed by atoms with Crippen molar-refractivity contribution >= 4 is 40.9 Å². The molecule has 0 aliphatic rings. The number of nitrogen functional groups attached to an aromatic ring is 1. The number of nitrogens with one attached hydrogen (secondary N) is 1. The molecule has 0 bridgehead atoms. The Morgan fingerprint density at radius 1 is 1.42 bits per heavy atom. The topological polar surface area (TPSA) is 105 Å². The minimum Gasteiger partial charge on any atom is -0.382 e. The fraction of sp³-hybridized carbons (Fsp3) is 0.125. The van der Waals surface area contributed by atoms with E-state index in [4.69, 9.17) is 11.0 Å². The molecule has 0 spiro atoms. The van der Waals surface area contributed by atoms with Crippen LogP contribution in [0.25, 0.3) is 0 Å². The maximum absolute atomic E-state index is 12.1. The molecule has 0 saturated carbocycles.